The van der Waals surface area contributed by atoms with Gasteiger partial charge in [0.15, 0.2) is 0 Å². The Kier molecular flexibility index (Phi) is 3.75. The number of rotatable bonds is 3. The van der Waals surface area contributed by atoms with Crippen LogP contribution in [-0.4, -0.2) is 13.1 Å². The number of benzene rings is 2. The molecule has 0 saturated heterocycles. The lowest BCUT2D eigenvalue weighted by Crippen LogP contribution is -2.19. The highest BCUT2D eigenvalue weighted by atomic mass is 32.1. The van der Waals surface area contributed by atoms with Crippen LogP contribution < -0.4 is 15.4 Å². The highest BCUT2D eigenvalue weighted by Gasteiger charge is 2.07. The number of carbonyl (C=O) groups excluding carboxylic acids is 1. The third kappa shape index (κ3) is 2.98. The van der Waals surface area contributed by atoms with Crippen LogP contribution in [0.5, 0.6) is 5.75 Å². The second-order valence-electron chi connectivity index (χ2n) is 4.45. The number of amides is 2. The molecule has 1 heterocycles. The second kappa shape index (κ2) is 5.85. The Balaban J connectivity index is 1.71. The highest BCUT2D eigenvalue weighted by molar-refractivity contribution is 7.17. The zero-order valence-corrected chi connectivity index (χ0v) is 12.2. The summed E-state index contributed by atoms with van der Waals surface area (Å²) in [7, 11) is 1.61. The van der Waals surface area contributed by atoms with E-state index in [9.17, 15) is 4.79 Å². The number of ether oxygens (including phenoxy) is 1. The number of hydrogen-bond donors (Lipinski definition) is 2. The number of methoxy groups -OCH3 is 1. The topological polar surface area (TPSA) is 50.4 Å². The second-order valence-corrected chi connectivity index (χ2v) is 5.36. The smallest absolute Gasteiger partial charge is 0.323 e. The average molecular weight is 298 g/mol. The van der Waals surface area contributed by atoms with Gasteiger partial charge in [-0.25, -0.2) is 4.79 Å². The molecule has 3 aromatic rings. The molecule has 0 aliphatic rings. The van der Waals surface area contributed by atoms with E-state index in [-0.39, 0.29) is 6.03 Å². The highest BCUT2D eigenvalue weighted by Crippen LogP contribution is 2.29. The Morgan fingerprint density at radius 3 is 2.57 bits per heavy atom. The van der Waals surface area contributed by atoms with Crippen LogP contribution in [0.1, 0.15) is 0 Å². The molecule has 0 bridgehead atoms. The predicted molar refractivity (Wildman–Crippen MR) is 87.5 cm³/mol. The quantitative estimate of drug-likeness (QED) is 0.745. The first-order chi connectivity index (χ1) is 10.3. The van der Waals surface area contributed by atoms with Crippen LogP contribution in [0.2, 0.25) is 0 Å². The summed E-state index contributed by atoms with van der Waals surface area (Å²) in [6.45, 7) is 0. The zero-order valence-electron chi connectivity index (χ0n) is 11.4. The third-order valence-electron chi connectivity index (χ3n) is 3.08. The molecule has 2 amide bonds. The minimum Gasteiger partial charge on any atom is -0.497 e. The molecule has 0 fully saturated rings. The normalized spacial score (nSPS) is 10.3. The molecule has 0 atom stereocenters. The van der Waals surface area contributed by atoms with Gasteiger partial charge in [-0.2, -0.15) is 0 Å². The Labute approximate surface area is 126 Å². The Bertz CT molecular complexity index is 765. The first-order valence-electron chi connectivity index (χ1n) is 6.44. The van der Waals surface area contributed by atoms with Crippen LogP contribution in [0.4, 0.5) is 16.2 Å². The molecule has 0 aliphatic heterocycles. The summed E-state index contributed by atoms with van der Waals surface area (Å²) >= 11 is 1.61. The van der Waals surface area contributed by atoms with E-state index in [2.05, 4.69) is 10.6 Å². The molecular formula is C16H14N2O2S. The fourth-order valence-corrected chi connectivity index (χ4v) is 2.93. The molecule has 21 heavy (non-hydrogen) atoms. The van der Waals surface area contributed by atoms with Gasteiger partial charge >= 0.3 is 6.03 Å². The van der Waals surface area contributed by atoms with E-state index in [1.165, 1.54) is 0 Å². The lowest BCUT2D eigenvalue weighted by atomic mass is 10.2. The fraction of sp³-hybridized carbons (Fsp3) is 0.0625. The number of nitrogens with one attached hydrogen (secondary N) is 2. The fourth-order valence-electron chi connectivity index (χ4n) is 2.03. The molecule has 0 unspecified atom stereocenters. The van der Waals surface area contributed by atoms with Gasteiger partial charge in [0.1, 0.15) is 5.75 Å². The third-order valence-corrected chi connectivity index (χ3v) is 4.04. The SMILES string of the molecule is COc1ccc(NC(=O)Nc2csc3ccccc23)cc1. The maximum Gasteiger partial charge on any atom is 0.323 e. The van der Waals surface area contributed by atoms with Gasteiger partial charge in [-0.15, -0.1) is 11.3 Å². The van der Waals surface area contributed by atoms with Crippen molar-refractivity contribution in [2.45, 2.75) is 0 Å². The van der Waals surface area contributed by atoms with Crippen LogP contribution in [0.25, 0.3) is 10.1 Å². The maximum absolute atomic E-state index is 12.0. The molecule has 0 radical (unpaired) electrons. The van der Waals surface area contributed by atoms with E-state index in [1.54, 1.807) is 42.7 Å². The zero-order chi connectivity index (χ0) is 14.7. The van der Waals surface area contributed by atoms with Crippen LogP contribution in [0.3, 0.4) is 0 Å². The van der Waals surface area contributed by atoms with Crippen molar-refractivity contribution in [3.05, 3.63) is 53.9 Å². The summed E-state index contributed by atoms with van der Waals surface area (Å²) in [4.78, 5) is 12.0. The number of anilines is 2. The van der Waals surface area contributed by atoms with E-state index in [0.717, 1.165) is 21.5 Å². The Morgan fingerprint density at radius 2 is 1.81 bits per heavy atom. The molecule has 1 aromatic heterocycles. The molecule has 4 nitrogen and oxygen atoms in total. The molecular weight excluding hydrogens is 284 g/mol. The molecule has 5 heteroatoms. The van der Waals surface area contributed by atoms with Crippen molar-refractivity contribution in [1.82, 2.24) is 0 Å². The average Bonchev–Trinajstić information content (AvgIpc) is 2.91. The summed E-state index contributed by atoms with van der Waals surface area (Å²) in [5.41, 5.74) is 1.54. The van der Waals surface area contributed by atoms with Gasteiger partial charge in [0.25, 0.3) is 0 Å². The van der Waals surface area contributed by atoms with E-state index in [1.807, 2.05) is 29.6 Å². The van der Waals surface area contributed by atoms with Gasteiger partial charge < -0.3 is 15.4 Å². The van der Waals surface area contributed by atoms with Gasteiger partial charge in [0.05, 0.1) is 12.8 Å². The van der Waals surface area contributed by atoms with E-state index in [0.29, 0.717) is 5.69 Å². The molecule has 2 N–H and O–H groups in total. The Morgan fingerprint density at radius 1 is 1.05 bits per heavy atom. The number of fused-ring (bicyclic) bond motifs is 1. The van der Waals surface area contributed by atoms with Crippen LogP contribution in [0, 0.1) is 0 Å². The van der Waals surface area contributed by atoms with E-state index >= 15 is 0 Å². The number of thiophene rings is 1. The van der Waals surface area contributed by atoms with Gasteiger partial charge in [-0.3, -0.25) is 0 Å². The van der Waals surface area contributed by atoms with Gasteiger partial charge in [-0.1, -0.05) is 18.2 Å². The van der Waals surface area contributed by atoms with Crippen LogP contribution in [-0.2, 0) is 0 Å². The van der Waals surface area contributed by atoms with Crippen molar-refractivity contribution in [1.29, 1.82) is 0 Å². The van der Waals surface area contributed by atoms with Crippen molar-refractivity contribution in [2.24, 2.45) is 0 Å². The number of urea groups is 1. The predicted octanol–water partition coefficient (Wildman–Crippen LogP) is 4.55. The van der Waals surface area contributed by atoms with Crippen LogP contribution in [0.15, 0.2) is 53.9 Å². The molecule has 2 aromatic carbocycles. The summed E-state index contributed by atoms with van der Waals surface area (Å²) in [6.07, 6.45) is 0. The molecule has 0 saturated carbocycles. The molecule has 3 rings (SSSR count). The lowest BCUT2D eigenvalue weighted by molar-refractivity contribution is 0.262. The minimum atomic E-state index is -0.260. The summed E-state index contributed by atoms with van der Waals surface area (Å²) in [5, 5.41) is 8.66. The molecule has 0 aliphatic carbocycles. The standard InChI is InChI=1S/C16H14N2O2S/c1-20-12-8-6-11(7-9-12)17-16(19)18-14-10-21-15-5-3-2-4-13(14)15/h2-10H,1H3,(H2,17,18,19). The van der Waals surface area contributed by atoms with Crippen molar-refractivity contribution in [3.8, 4) is 5.75 Å². The first-order valence-corrected chi connectivity index (χ1v) is 7.32. The van der Waals surface area contributed by atoms with Crippen molar-refractivity contribution in [2.75, 3.05) is 17.7 Å². The lowest BCUT2D eigenvalue weighted by Gasteiger charge is -2.07. The van der Waals surface area contributed by atoms with Crippen molar-refractivity contribution in [3.63, 3.8) is 0 Å². The molecule has 0 spiro atoms. The summed E-state index contributed by atoms with van der Waals surface area (Å²) in [5.74, 6) is 0.754. The first kappa shape index (κ1) is 13.5. The number of carbonyl (C=O) groups is 1. The van der Waals surface area contributed by atoms with E-state index < -0.39 is 0 Å². The maximum atomic E-state index is 12.0. The summed E-state index contributed by atoms with van der Waals surface area (Å²) in [6, 6.07) is 14.9. The van der Waals surface area contributed by atoms with Crippen molar-refractivity contribution < 1.29 is 9.53 Å². The number of hydrogen-bond acceptors (Lipinski definition) is 3. The largest absolute Gasteiger partial charge is 0.497 e. The van der Waals surface area contributed by atoms with Gasteiger partial charge in [0, 0.05) is 21.2 Å². The molecule has 106 valence electrons. The van der Waals surface area contributed by atoms with Crippen molar-refractivity contribution >= 4 is 38.8 Å². The van der Waals surface area contributed by atoms with Crippen LogP contribution >= 0.6 is 11.3 Å². The van der Waals surface area contributed by atoms with Gasteiger partial charge in [0.2, 0.25) is 0 Å². The van der Waals surface area contributed by atoms with Gasteiger partial charge in [-0.05, 0) is 30.3 Å². The monoisotopic (exact) mass is 298 g/mol. The summed E-state index contributed by atoms with van der Waals surface area (Å²) < 4.78 is 6.23. The minimum absolute atomic E-state index is 0.260. The Hall–Kier alpha value is -2.53. The van der Waals surface area contributed by atoms with E-state index in [4.69, 9.17) is 4.74 Å².